The lowest BCUT2D eigenvalue weighted by atomic mass is 10.1. The first-order chi connectivity index (χ1) is 11.7. The highest BCUT2D eigenvalue weighted by Gasteiger charge is 2.21. The third-order valence-electron chi connectivity index (χ3n) is 4.24. The van der Waals surface area contributed by atoms with E-state index in [1.165, 1.54) is 0 Å². The van der Waals surface area contributed by atoms with Gasteiger partial charge in [-0.3, -0.25) is 9.69 Å². The number of carbonyl (C=O) groups excluding carboxylic acids is 1. The lowest BCUT2D eigenvalue weighted by molar-refractivity contribution is 0.0620. The summed E-state index contributed by atoms with van der Waals surface area (Å²) < 4.78 is 5.73. The van der Waals surface area contributed by atoms with Gasteiger partial charge in [-0.25, -0.2) is 0 Å². The number of piperazine rings is 1. The number of anilines is 1. The number of carbonyl (C=O) groups is 1. The molecule has 0 aromatic heterocycles. The second kappa shape index (κ2) is 9.30. The molecule has 2 aromatic carbocycles. The van der Waals surface area contributed by atoms with E-state index in [2.05, 4.69) is 4.90 Å². The third-order valence-corrected chi connectivity index (χ3v) is 4.24. The Kier molecular flexibility index (Phi) is 7.10. The zero-order valence-corrected chi connectivity index (χ0v) is 15.0. The molecule has 0 spiro atoms. The Balaban J connectivity index is 0.00000225. The number of nitrogens with two attached hydrogens (primary N) is 1. The van der Waals surface area contributed by atoms with Crippen LogP contribution in [0.25, 0.3) is 0 Å². The molecule has 5 nitrogen and oxygen atoms in total. The minimum Gasteiger partial charge on any atom is -0.492 e. The first-order valence-electron chi connectivity index (χ1n) is 8.27. The molecule has 6 heteroatoms. The van der Waals surface area contributed by atoms with Crippen LogP contribution in [-0.2, 0) is 0 Å². The van der Waals surface area contributed by atoms with Crippen LogP contribution in [-0.4, -0.2) is 55.0 Å². The van der Waals surface area contributed by atoms with Gasteiger partial charge in [-0.05, 0) is 36.4 Å². The molecule has 1 heterocycles. The van der Waals surface area contributed by atoms with Gasteiger partial charge in [0.1, 0.15) is 12.4 Å². The number of nitrogens with zero attached hydrogens (tertiary/aromatic N) is 2. The van der Waals surface area contributed by atoms with Crippen LogP contribution in [0, 0.1) is 0 Å². The summed E-state index contributed by atoms with van der Waals surface area (Å²) in [6.07, 6.45) is 0. The van der Waals surface area contributed by atoms with Crippen molar-refractivity contribution in [3.63, 3.8) is 0 Å². The number of benzene rings is 2. The highest BCUT2D eigenvalue weighted by molar-refractivity contribution is 5.94. The van der Waals surface area contributed by atoms with Crippen LogP contribution in [0.3, 0.4) is 0 Å². The molecule has 1 aliphatic rings. The van der Waals surface area contributed by atoms with Gasteiger partial charge in [0.25, 0.3) is 5.91 Å². The van der Waals surface area contributed by atoms with Gasteiger partial charge in [0.15, 0.2) is 0 Å². The molecule has 0 aliphatic carbocycles. The van der Waals surface area contributed by atoms with Crippen LogP contribution in [0.1, 0.15) is 10.4 Å². The van der Waals surface area contributed by atoms with E-state index < -0.39 is 0 Å². The third kappa shape index (κ3) is 5.37. The van der Waals surface area contributed by atoms with Crippen molar-refractivity contribution in [1.82, 2.24) is 9.80 Å². The van der Waals surface area contributed by atoms with E-state index in [9.17, 15) is 4.79 Å². The summed E-state index contributed by atoms with van der Waals surface area (Å²) in [5.41, 5.74) is 7.04. The van der Waals surface area contributed by atoms with Crippen LogP contribution in [0.15, 0.2) is 54.6 Å². The lowest BCUT2D eigenvalue weighted by Gasteiger charge is -2.34. The summed E-state index contributed by atoms with van der Waals surface area (Å²) in [6.45, 7) is 4.77. The predicted octanol–water partition coefficient (Wildman–Crippen LogP) is 2.53. The van der Waals surface area contributed by atoms with Crippen LogP contribution in [0.4, 0.5) is 5.69 Å². The largest absolute Gasteiger partial charge is 0.492 e. The van der Waals surface area contributed by atoms with Gasteiger partial charge in [-0.15, -0.1) is 12.4 Å². The Morgan fingerprint density at radius 3 is 2.24 bits per heavy atom. The monoisotopic (exact) mass is 361 g/mol. The molecular formula is C19H24ClN3O2. The number of ether oxygens (including phenoxy) is 1. The minimum absolute atomic E-state index is 0. The van der Waals surface area contributed by atoms with Crippen molar-refractivity contribution in [3.8, 4) is 5.75 Å². The Labute approximate surface area is 154 Å². The first kappa shape index (κ1) is 19.1. The van der Waals surface area contributed by atoms with E-state index in [1.807, 2.05) is 35.2 Å². The fourth-order valence-electron chi connectivity index (χ4n) is 2.79. The van der Waals surface area contributed by atoms with E-state index in [1.54, 1.807) is 24.3 Å². The van der Waals surface area contributed by atoms with Gasteiger partial charge in [-0.2, -0.15) is 0 Å². The van der Waals surface area contributed by atoms with Gasteiger partial charge in [0.2, 0.25) is 0 Å². The Hall–Kier alpha value is -2.24. The molecule has 1 fully saturated rings. The van der Waals surface area contributed by atoms with Crippen LogP contribution >= 0.6 is 12.4 Å². The highest BCUT2D eigenvalue weighted by Crippen LogP contribution is 2.12. The van der Waals surface area contributed by atoms with Crippen LogP contribution < -0.4 is 10.5 Å². The molecule has 0 bridgehead atoms. The number of hydrogen-bond donors (Lipinski definition) is 1. The molecule has 0 unspecified atom stereocenters. The predicted molar refractivity (Wildman–Crippen MR) is 102 cm³/mol. The van der Waals surface area contributed by atoms with Gasteiger partial charge >= 0.3 is 0 Å². The maximum atomic E-state index is 12.5. The smallest absolute Gasteiger partial charge is 0.253 e. The maximum absolute atomic E-state index is 12.5. The number of para-hydroxylation sites is 1. The second-order valence-electron chi connectivity index (χ2n) is 5.92. The summed E-state index contributed by atoms with van der Waals surface area (Å²) in [4.78, 5) is 16.7. The molecule has 134 valence electrons. The summed E-state index contributed by atoms with van der Waals surface area (Å²) >= 11 is 0. The fourth-order valence-corrected chi connectivity index (χ4v) is 2.79. The Morgan fingerprint density at radius 1 is 0.960 bits per heavy atom. The average Bonchev–Trinajstić information content (AvgIpc) is 2.63. The topological polar surface area (TPSA) is 58.8 Å². The molecule has 0 atom stereocenters. The number of rotatable bonds is 5. The van der Waals surface area contributed by atoms with Crippen molar-refractivity contribution >= 4 is 24.0 Å². The molecule has 1 aliphatic heterocycles. The van der Waals surface area contributed by atoms with Crippen molar-refractivity contribution < 1.29 is 9.53 Å². The van der Waals surface area contributed by atoms with E-state index >= 15 is 0 Å². The molecule has 3 rings (SSSR count). The van der Waals surface area contributed by atoms with E-state index in [4.69, 9.17) is 10.5 Å². The van der Waals surface area contributed by atoms with E-state index in [-0.39, 0.29) is 18.3 Å². The Morgan fingerprint density at radius 2 is 1.60 bits per heavy atom. The average molecular weight is 362 g/mol. The van der Waals surface area contributed by atoms with Crippen molar-refractivity contribution in [2.24, 2.45) is 0 Å². The molecule has 0 saturated carbocycles. The van der Waals surface area contributed by atoms with Crippen LogP contribution in [0.2, 0.25) is 0 Å². The molecular weight excluding hydrogens is 338 g/mol. The van der Waals surface area contributed by atoms with Gasteiger partial charge in [0.05, 0.1) is 0 Å². The van der Waals surface area contributed by atoms with Gasteiger partial charge in [0, 0.05) is 44.0 Å². The normalized spacial score (nSPS) is 14.6. The summed E-state index contributed by atoms with van der Waals surface area (Å²) in [5.74, 6) is 0.977. The zero-order chi connectivity index (χ0) is 16.8. The fraction of sp³-hybridized carbons (Fsp3) is 0.316. The minimum atomic E-state index is 0. The van der Waals surface area contributed by atoms with Crippen molar-refractivity contribution in [3.05, 3.63) is 60.2 Å². The van der Waals surface area contributed by atoms with Gasteiger partial charge < -0.3 is 15.4 Å². The van der Waals surface area contributed by atoms with Crippen molar-refractivity contribution in [2.75, 3.05) is 45.1 Å². The molecule has 1 saturated heterocycles. The van der Waals surface area contributed by atoms with E-state index in [0.717, 1.165) is 38.5 Å². The number of nitrogen functional groups attached to an aromatic ring is 1. The number of amides is 1. The quantitative estimate of drug-likeness (QED) is 0.831. The second-order valence-corrected chi connectivity index (χ2v) is 5.92. The number of halogens is 1. The SMILES string of the molecule is Cl.Nc1ccc(C(=O)N2CCN(CCOc3ccccc3)CC2)cc1. The molecule has 2 aromatic rings. The van der Waals surface area contributed by atoms with E-state index in [0.29, 0.717) is 17.9 Å². The molecule has 0 radical (unpaired) electrons. The zero-order valence-electron chi connectivity index (χ0n) is 14.1. The Bertz CT molecular complexity index is 656. The van der Waals surface area contributed by atoms with Gasteiger partial charge in [-0.1, -0.05) is 18.2 Å². The van der Waals surface area contributed by atoms with Crippen LogP contribution in [0.5, 0.6) is 5.75 Å². The van der Waals surface area contributed by atoms with Crippen molar-refractivity contribution in [2.45, 2.75) is 0 Å². The standard InChI is InChI=1S/C19H23N3O2.ClH/c20-17-8-6-16(7-9-17)19(23)22-12-10-21(11-13-22)14-15-24-18-4-2-1-3-5-18;/h1-9H,10-15,20H2;1H. The molecule has 2 N–H and O–H groups in total. The van der Waals surface area contributed by atoms with Crippen molar-refractivity contribution in [1.29, 1.82) is 0 Å². The molecule has 1 amide bonds. The first-order valence-corrected chi connectivity index (χ1v) is 8.27. The summed E-state index contributed by atoms with van der Waals surface area (Å²) in [5, 5.41) is 0. The molecule has 25 heavy (non-hydrogen) atoms. The maximum Gasteiger partial charge on any atom is 0.253 e. The summed E-state index contributed by atoms with van der Waals surface area (Å²) in [6, 6.07) is 17.0. The highest BCUT2D eigenvalue weighted by atomic mass is 35.5. The summed E-state index contributed by atoms with van der Waals surface area (Å²) in [7, 11) is 0. The lowest BCUT2D eigenvalue weighted by Crippen LogP contribution is -2.49. The number of hydrogen-bond acceptors (Lipinski definition) is 4.